The molecule has 0 amide bonds. The monoisotopic (exact) mass is 195 g/mol. The fourth-order valence-electron chi connectivity index (χ4n) is 1.65. The molecule has 0 spiro atoms. The first kappa shape index (κ1) is 9.46. The van der Waals surface area contributed by atoms with Crippen LogP contribution in [0.15, 0.2) is 18.2 Å². The molecule has 0 bridgehead atoms. The zero-order valence-corrected chi connectivity index (χ0v) is 8.22. The smallest absolute Gasteiger partial charge is 0.123 e. The molecule has 0 unspecified atom stereocenters. The van der Waals surface area contributed by atoms with Crippen molar-refractivity contribution in [2.75, 3.05) is 13.1 Å². The molecule has 3 heteroatoms. The Balaban J connectivity index is 2.08. The molecule has 1 heterocycles. The highest BCUT2D eigenvalue weighted by molar-refractivity contribution is 5.32. The Kier molecular flexibility index (Phi) is 2.68. The SMILES string of the molecule is Cc1cc(F)ccc1O[C@@H]1CCNC1. The number of benzene rings is 1. The second kappa shape index (κ2) is 3.96. The Morgan fingerprint density at radius 3 is 3.00 bits per heavy atom. The minimum atomic E-state index is -0.209. The second-order valence-corrected chi connectivity index (χ2v) is 3.64. The number of halogens is 1. The van der Waals surface area contributed by atoms with E-state index < -0.39 is 0 Å². The van der Waals surface area contributed by atoms with Crippen LogP contribution in [0.2, 0.25) is 0 Å². The molecule has 0 saturated carbocycles. The van der Waals surface area contributed by atoms with Gasteiger partial charge in [0.15, 0.2) is 0 Å². The maximum atomic E-state index is 12.8. The maximum absolute atomic E-state index is 12.8. The lowest BCUT2D eigenvalue weighted by Crippen LogP contribution is -2.19. The molecule has 1 saturated heterocycles. The van der Waals surface area contributed by atoms with Crippen molar-refractivity contribution < 1.29 is 9.13 Å². The summed E-state index contributed by atoms with van der Waals surface area (Å²) in [5.41, 5.74) is 0.858. The Bertz CT molecular complexity index is 321. The van der Waals surface area contributed by atoms with E-state index in [9.17, 15) is 4.39 Å². The lowest BCUT2D eigenvalue weighted by molar-refractivity contribution is 0.221. The van der Waals surface area contributed by atoms with Crippen LogP contribution in [-0.2, 0) is 0 Å². The maximum Gasteiger partial charge on any atom is 0.123 e. The average Bonchev–Trinajstić information content (AvgIpc) is 2.62. The van der Waals surface area contributed by atoms with Crippen LogP contribution in [0.4, 0.5) is 4.39 Å². The molecule has 2 nitrogen and oxygen atoms in total. The summed E-state index contributed by atoms with van der Waals surface area (Å²) in [6, 6.07) is 4.63. The van der Waals surface area contributed by atoms with Crippen molar-refractivity contribution >= 4 is 0 Å². The van der Waals surface area contributed by atoms with E-state index in [0.717, 1.165) is 30.8 Å². The summed E-state index contributed by atoms with van der Waals surface area (Å²) in [4.78, 5) is 0. The molecule has 76 valence electrons. The number of rotatable bonds is 2. The Labute approximate surface area is 83.1 Å². The molecule has 1 N–H and O–H groups in total. The third kappa shape index (κ3) is 2.04. The van der Waals surface area contributed by atoms with E-state index in [-0.39, 0.29) is 11.9 Å². The number of nitrogens with one attached hydrogen (secondary N) is 1. The van der Waals surface area contributed by atoms with E-state index in [1.165, 1.54) is 12.1 Å². The quantitative estimate of drug-likeness (QED) is 0.778. The van der Waals surface area contributed by atoms with Crippen molar-refractivity contribution in [2.45, 2.75) is 19.4 Å². The number of hydrogen-bond donors (Lipinski definition) is 1. The first-order chi connectivity index (χ1) is 6.75. The van der Waals surface area contributed by atoms with Crippen LogP contribution >= 0.6 is 0 Å². The molecule has 1 aliphatic heterocycles. The zero-order valence-electron chi connectivity index (χ0n) is 8.22. The van der Waals surface area contributed by atoms with Gasteiger partial charge in [-0.05, 0) is 43.7 Å². The molecule has 0 aliphatic carbocycles. The summed E-state index contributed by atoms with van der Waals surface area (Å²) in [5.74, 6) is 0.583. The van der Waals surface area contributed by atoms with E-state index in [1.807, 2.05) is 6.92 Å². The molecule has 0 aromatic heterocycles. The van der Waals surface area contributed by atoms with Gasteiger partial charge >= 0.3 is 0 Å². The minimum absolute atomic E-state index is 0.209. The molecule has 1 aromatic rings. The van der Waals surface area contributed by atoms with Crippen LogP contribution < -0.4 is 10.1 Å². The highest BCUT2D eigenvalue weighted by Gasteiger charge is 2.16. The lowest BCUT2D eigenvalue weighted by atomic mass is 10.2. The Morgan fingerprint density at radius 1 is 1.50 bits per heavy atom. The van der Waals surface area contributed by atoms with E-state index in [2.05, 4.69) is 5.32 Å². The Morgan fingerprint density at radius 2 is 2.36 bits per heavy atom. The van der Waals surface area contributed by atoms with Gasteiger partial charge < -0.3 is 10.1 Å². The zero-order chi connectivity index (χ0) is 9.97. The molecule has 1 aliphatic rings. The van der Waals surface area contributed by atoms with Crippen LogP contribution in [0.3, 0.4) is 0 Å². The van der Waals surface area contributed by atoms with Gasteiger partial charge in [-0.25, -0.2) is 4.39 Å². The summed E-state index contributed by atoms with van der Waals surface area (Å²) in [6.45, 7) is 3.75. The van der Waals surface area contributed by atoms with Crippen molar-refractivity contribution in [1.29, 1.82) is 0 Å². The first-order valence-electron chi connectivity index (χ1n) is 4.89. The summed E-state index contributed by atoms with van der Waals surface area (Å²) in [7, 11) is 0. The molecule has 2 rings (SSSR count). The summed E-state index contributed by atoms with van der Waals surface area (Å²) in [5, 5.41) is 3.22. The molecular weight excluding hydrogens is 181 g/mol. The van der Waals surface area contributed by atoms with Gasteiger partial charge in [0, 0.05) is 6.54 Å². The van der Waals surface area contributed by atoms with Gasteiger partial charge in [-0.2, -0.15) is 0 Å². The molecule has 0 radical (unpaired) electrons. The van der Waals surface area contributed by atoms with Gasteiger partial charge in [0.05, 0.1) is 0 Å². The largest absolute Gasteiger partial charge is 0.489 e. The predicted molar refractivity (Wildman–Crippen MR) is 53.0 cm³/mol. The number of hydrogen-bond acceptors (Lipinski definition) is 2. The van der Waals surface area contributed by atoms with Gasteiger partial charge in [-0.3, -0.25) is 0 Å². The predicted octanol–water partition coefficient (Wildman–Crippen LogP) is 1.87. The van der Waals surface area contributed by atoms with Crippen molar-refractivity contribution in [2.24, 2.45) is 0 Å². The van der Waals surface area contributed by atoms with Gasteiger partial charge in [-0.1, -0.05) is 0 Å². The van der Waals surface area contributed by atoms with Crippen LogP contribution in [0, 0.1) is 12.7 Å². The molecule has 1 fully saturated rings. The fourth-order valence-corrected chi connectivity index (χ4v) is 1.65. The topological polar surface area (TPSA) is 21.3 Å². The van der Waals surface area contributed by atoms with E-state index in [4.69, 9.17) is 4.74 Å². The third-order valence-electron chi connectivity index (χ3n) is 2.45. The first-order valence-corrected chi connectivity index (χ1v) is 4.89. The molecular formula is C11H14FNO. The van der Waals surface area contributed by atoms with Crippen molar-refractivity contribution in [1.82, 2.24) is 5.32 Å². The summed E-state index contributed by atoms with van der Waals surface area (Å²) in [6.07, 6.45) is 1.26. The van der Waals surface area contributed by atoms with Crippen LogP contribution in [0.5, 0.6) is 5.75 Å². The van der Waals surface area contributed by atoms with Gasteiger partial charge in [-0.15, -0.1) is 0 Å². The van der Waals surface area contributed by atoms with Crippen LogP contribution in [-0.4, -0.2) is 19.2 Å². The standard InChI is InChI=1S/C11H14FNO/c1-8-6-9(12)2-3-11(8)14-10-4-5-13-7-10/h2-3,6,10,13H,4-5,7H2,1H3/t10-/m1/s1. The van der Waals surface area contributed by atoms with Crippen molar-refractivity contribution in [3.05, 3.63) is 29.6 Å². The van der Waals surface area contributed by atoms with E-state index >= 15 is 0 Å². The van der Waals surface area contributed by atoms with Gasteiger partial charge in [0.1, 0.15) is 17.7 Å². The van der Waals surface area contributed by atoms with Crippen molar-refractivity contribution in [3.8, 4) is 5.75 Å². The van der Waals surface area contributed by atoms with Crippen LogP contribution in [0.1, 0.15) is 12.0 Å². The number of ether oxygens (including phenoxy) is 1. The highest BCUT2D eigenvalue weighted by Crippen LogP contribution is 2.21. The van der Waals surface area contributed by atoms with Gasteiger partial charge in [0.25, 0.3) is 0 Å². The normalized spacial score (nSPS) is 21.1. The average molecular weight is 195 g/mol. The van der Waals surface area contributed by atoms with E-state index in [1.54, 1.807) is 6.07 Å². The van der Waals surface area contributed by atoms with E-state index in [0.29, 0.717) is 0 Å². The Hall–Kier alpha value is -1.09. The fraction of sp³-hybridized carbons (Fsp3) is 0.455. The van der Waals surface area contributed by atoms with Gasteiger partial charge in [0.2, 0.25) is 0 Å². The van der Waals surface area contributed by atoms with Crippen molar-refractivity contribution in [3.63, 3.8) is 0 Å². The molecule has 14 heavy (non-hydrogen) atoms. The highest BCUT2D eigenvalue weighted by atomic mass is 19.1. The minimum Gasteiger partial charge on any atom is -0.489 e. The molecule has 1 atom stereocenters. The van der Waals surface area contributed by atoms with Crippen LogP contribution in [0.25, 0.3) is 0 Å². The lowest BCUT2D eigenvalue weighted by Gasteiger charge is -2.14. The number of aryl methyl sites for hydroxylation is 1. The third-order valence-corrected chi connectivity index (χ3v) is 2.45. The summed E-state index contributed by atoms with van der Waals surface area (Å²) >= 11 is 0. The molecule has 1 aromatic carbocycles. The summed E-state index contributed by atoms with van der Waals surface area (Å²) < 4.78 is 18.5. The second-order valence-electron chi connectivity index (χ2n) is 3.64.